The molecule has 2 atom stereocenters. The number of rotatable bonds is 2. The summed E-state index contributed by atoms with van der Waals surface area (Å²) in [4.78, 5) is 0. The summed E-state index contributed by atoms with van der Waals surface area (Å²) >= 11 is 0. The Balaban J connectivity index is 2.04. The van der Waals surface area contributed by atoms with Crippen LogP contribution in [0.1, 0.15) is 32.1 Å². The second-order valence-electron chi connectivity index (χ2n) is 4.60. The van der Waals surface area contributed by atoms with Crippen molar-refractivity contribution in [3.8, 4) is 0 Å². The van der Waals surface area contributed by atoms with Crippen LogP contribution in [0.2, 0.25) is 0 Å². The second-order valence-corrected chi connectivity index (χ2v) is 4.60. The molecule has 0 aromatic heterocycles. The van der Waals surface area contributed by atoms with Gasteiger partial charge in [0.15, 0.2) is 0 Å². The highest BCUT2D eigenvalue weighted by Gasteiger charge is 2.49. The molecule has 0 aliphatic heterocycles. The Hall–Kier alpha value is -0.180. The number of hydrogen-bond acceptors (Lipinski definition) is 1. The largest absolute Gasteiger partial charge is 0.330 e. The molecular weight excluding hydrogens is 172 g/mol. The quantitative estimate of drug-likeness (QED) is 0.709. The molecule has 2 N–H and O–H groups in total. The van der Waals surface area contributed by atoms with Crippen molar-refractivity contribution >= 4 is 0 Å². The normalized spacial score (nSPS) is 42.2. The summed E-state index contributed by atoms with van der Waals surface area (Å²) in [6.07, 6.45) is 3.20. The molecule has 2 fully saturated rings. The zero-order chi connectivity index (χ0) is 9.47. The zero-order valence-corrected chi connectivity index (χ0v) is 7.81. The topological polar surface area (TPSA) is 26.0 Å². The van der Waals surface area contributed by atoms with E-state index in [1.807, 2.05) is 0 Å². The van der Waals surface area contributed by atoms with Gasteiger partial charge in [0.05, 0.1) is 0 Å². The summed E-state index contributed by atoms with van der Waals surface area (Å²) < 4.78 is 26.3. The van der Waals surface area contributed by atoms with Crippen molar-refractivity contribution in [1.82, 2.24) is 0 Å². The molecule has 76 valence electrons. The predicted octanol–water partition coefficient (Wildman–Crippen LogP) is 2.41. The van der Waals surface area contributed by atoms with E-state index in [9.17, 15) is 8.78 Å². The van der Waals surface area contributed by atoms with E-state index >= 15 is 0 Å². The van der Waals surface area contributed by atoms with Gasteiger partial charge < -0.3 is 5.73 Å². The van der Waals surface area contributed by atoms with Crippen LogP contribution in [0.5, 0.6) is 0 Å². The third kappa shape index (κ3) is 1.71. The van der Waals surface area contributed by atoms with Gasteiger partial charge in [-0.25, -0.2) is 8.78 Å². The van der Waals surface area contributed by atoms with Crippen LogP contribution in [0.15, 0.2) is 0 Å². The van der Waals surface area contributed by atoms with Crippen molar-refractivity contribution in [3.05, 3.63) is 0 Å². The standard InChI is InChI=1S/C10H17F2N/c11-10(12)5-7-1-2-8(6-10)9(7)3-4-13/h7-9H,1-6,13H2. The summed E-state index contributed by atoms with van der Waals surface area (Å²) in [6, 6.07) is 0. The Bertz CT molecular complexity index is 177. The maximum Gasteiger partial charge on any atom is 0.248 e. The molecule has 13 heavy (non-hydrogen) atoms. The number of hydrogen-bond donors (Lipinski definition) is 1. The Morgan fingerprint density at radius 1 is 1.15 bits per heavy atom. The van der Waals surface area contributed by atoms with Gasteiger partial charge in [0.25, 0.3) is 0 Å². The van der Waals surface area contributed by atoms with E-state index in [0.29, 0.717) is 12.5 Å². The zero-order valence-electron chi connectivity index (χ0n) is 7.81. The molecular formula is C10H17F2N. The number of fused-ring (bicyclic) bond motifs is 2. The average molecular weight is 189 g/mol. The summed E-state index contributed by atoms with van der Waals surface area (Å²) in [7, 11) is 0. The second kappa shape index (κ2) is 3.19. The van der Waals surface area contributed by atoms with E-state index in [0.717, 1.165) is 19.3 Å². The highest BCUT2D eigenvalue weighted by atomic mass is 19.3. The van der Waals surface area contributed by atoms with Gasteiger partial charge in [-0.05, 0) is 43.6 Å². The molecule has 0 heterocycles. The molecule has 0 saturated heterocycles. The van der Waals surface area contributed by atoms with E-state index in [1.165, 1.54) is 0 Å². The van der Waals surface area contributed by atoms with E-state index in [4.69, 9.17) is 5.73 Å². The fourth-order valence-electron chi connectivity index (χ4n) is 3.26. The highest BCUT2D eigenvalue weighted by Crippen LogP contribution is 2.53. The lowest BCUT2D eigenvalue weighted by Gasteiger charge is -2.34. The van der Waals surface area contributed by atoms with Crippen LogP contribution < -0.4 is 5.73 Å². The molecule has 2 aliphatic carbocycles. The molecule has 2 saturated carbocycles. The first kappa shape index (κ1) is 9.38. The molecule has 0 aromatic carbocycles. The summed E-state index contributed by atoms with van der Waals surface area (Å²) in [5.74, 6) is -1.35. The van der Waals surface area contributed by atoms with Gasteiger partial charge in [-0.1, -0.05) is 0 Å². The Morgan fingerprint density at radius 2 is 1.69 bits per heavy atom. The molecule has 2 unspecified atom stereocenters. The lowest BCUT2D eigenvalue weighted by molar-refractivity contribution is -0.0758. The van der Waals surface area contributed by atoms with Crippen molar-refractivity contribution in [2.24, 2.45) is 23.5 Å². The first-order valence-corrected chi connectivity index (χ1v) is 5.20. The van der Waals surface area contributed by atoms with Crippen molar-refractivity contribution in [1.29, 1.82) is 0 Å². The maximum atomic E-state index is 13.1. The highest BCUT2D eigenvalue weighted by molar-refractivity contribution is 4.95. The molecule has 3 heteroatoms. The molecule has 0 radical (unpaired) electrons. The van der Waals surface area contributed by atoms with Crippen LogP contribution in [0.25, 0.3) is 0 Å². The molecule has 0 amide bonds. The summed E-state index contributed by atoms with van der Waals surface area (Å²) in [5.41, 5.74) is 5.49. The van der Waals surface area contributed by atoms with Crippen LogP contribution >= 0.6 is 0 Å². The minimum atomic E-state index is -2.38. The van der Waals surface area contributed by atoms with Crippen LogP contribution in [0, 0.1) is 17.8 Å². The van der Waals surface area contributed by atoms with Crippen LogP contribution in [-0.4, -0.2) is 12.5 Å². The van der Waals surface area contributed by atoms with Crippen LogP contribution in [0.3, 0.4) is 0 Å². The van der Waals surface area contributed by atoms with Gasteiger partial charge >= 0.3 is 0 Å². The third-order valence-corrected chi connectivity index (χ3v) is 3.74. The van der Waals surface area contributed by atoms with Crippen LogP contribution in [0.4, 0.5) is 8.78 Å². The lowest BCUT2D eigenvalue weighted by atomic mass is 9.75. The van der Waals surface area contributed by atoms with Crippen molar-refractivity contribution < 1.29 is 8.78 Å². The van der Waals surface area contributed by atoms with Gasteiger partial charge in [0.1, 0.15) is 0 Å². The van der Waals surface area contributed by atoms with Gasteiger partial charge in [0.2, 0.25) is 5.92 Å². The van der Waals surface area contributed by atoms with E-state index < -0.39 is 5.92 Å². The molecule has 0 spiro atoms. The number of alkyl halides is 2. The molecule has 0 aromatic rings. The third-order valence-electron chi connectivity index (χ3n) is 3.74. The Morgan fingerprint density at radius 3 is 2.15 bits per heavy atom. The van der Waals surface area contributed by atoms with E-state index in [-0.39, 0.29) is 24.7 Å². The first-order valence-electron chi connectivity index (χ1n) is 5.20. The summed E-state index contributed by atoms with van der Waals surface area (Å²) in [6.45, 7) is 0.656. The monoisotopic (exact) mass is 189 g/mol. The van der Waals surface area contributed by atoms with Gasteiger partial charge in [-0.3, -0.25) is 0 Å². The van der Waals surface area contributed by atoms with E-state index in [2.05, 4.69) is 0 Å². The average Bonchev–Trinajstić information content (AvgIpc) is 2.31. The minimum Gasteiger partial charge on any atom is -0.330 e. The number of nitrogens with two attached hydrogens (primary N) is 1. The van der Waals surface area contributed by atoms with Crippen molar-refractivity contribution in [2.75, 3.05) is 6.54 Å². The maximum absolute atomic E-state index is 13.1. The van der Waals surface area contributed by atoms with Gasteiger partial charge in [-0.15, -0.1) is 0 Å². The number of halogens is 2. The lowest BCUT2D eigenvalue weighted by Crippen LogP contribution is -2.34. The minimum absolute atomic E-state index is 0.119. The molecule has 2 aliphatic rings. The Labute approximate surface area is 77.7 Å². The van der Waals surface area contributed by atoms with Gasteiger partial charge in [0, 0.05) is 12.8 Å². The predicted molar refractivity (Wildman–Crippen MR) is 47.6 cm³/mol. The smallest absolute Gasteiger partial charge is 0.248 e. The van der Waals surface area contributed by atoms with Crippen LogP contribution in [-0.2, 0) is 0 Å². The van der Waals surface area contributed by atoms with Gasteiger partial charge in [-0.2, -0.15) is 0 Å². The fourth-order valence-corrected chi connectivity index (χ4v) is 3.26. The van der Waals surface area contributed by atoms with Crippen molar-refractivity contribution in [2.45, 2.75) is 38.0 Å². The van der Waals surface area contributed by atoms with E-state index in [1.54, 1.807) is 0 Å². The SMILES string of the molecule is NCCC1C2CCC1CC(F)(F)C2. The fraction of sp³-hybridized carbons (Fsp3) is 1.00. The molecule has 2 bridgehead atoms. The molecule has 2 rings (SSSR count). The first-order chi connectivity index (χ1) is 6.12. The molecule has 1 nitrogen and oxygen atoms in total. The summed E-state index contributed by atoms with van der Waals surface area (Å²) in [5, 5.41) is 0. The van der Waals surface area contributed by atoms with Crippen molar-refractivity contribution in [3.63, 3.8) is 0 Å². The Kier molecular flexibility index (Phi) is 2.30.